The molecule has 0 spiro atoms. The van der Waals surface area contributed by atoms with Crippen LogP contribution in [0.3, 0.4) is 0 Å². The van der Waals surface area contributed by atoms with E-state index in [1.807, 2.05) is 44.5 Å². The van der Waals surface area contributed by atoms with E-state index in [1.165, 1.54) is 10.9 Å². The fourth-order valence-electron chi connectivity index (χ4n) is 5.79. The zero-order chi connectivity index (χ0) is 32.1. The van der Waals surface area contributed by atoms with Gasteiger partial charge < -0.3 is 19.7 Å². The Balaban J connectivity index is 1.21. The molecule has 10 heteroatoms. The van der Waals surface area contributed by atoms with Gasteiger partial charge in [-0.05, 0) is 94.5 Å². The van der Waals surface area contributed by atoms with E-state index in [4.69, 9.17) is 14.5 Å². The quantitative estimate of drug-likeness (QED) is 0.173. The Morgan fingerprint density at radius 3 is 2.74 bits per heavy atom. The van der Waals surface area contributed by atoms with Crippen LogP contribution in [0, 0.1) is 6.92 Å². The first-order valence-corrected chi connectivity index (χ1v) is 16.8. The Bertz CT molecular complexity index is 1800. The van der Waals surface area contributed by atoms with Gasteiger partial charge in [-0.15, -0.1) is 11.3 Å². The second kappa shape index (κ2) is 13.8. The first kappa shape index (κ1) is 31.4. The van der Waals surface area contributed by atoms with Gasteiger partial charge in [-0.1, -0.05) is 30.3 Å². The largest absolute Gasteiger partial charge is 0.444 e. The molecule has 1 atom stereocenters. The molecule has 0 radical (unpaired) electrons. The van der Waals surface area contributed by atoms with Crippen molar-refractivity contribution in [3.8, 4) is 22.9 Å². The van der Waals surface area contributed by atoms with Gasteiger partial charge in [0.2, 0.25) is 11.8 Å². The number of nitrogens with one attached hydrogen (secondary N) is 1. The number of likely N-dealkylation sites (tertiary alicyclic amines) is 1. The first-order valence-electron chi connectivity index (χ1n) is 15.8. The van der Waals surface area contributed by atoms with Crippen molar-refractivity contribution in [2.24, 2.45) is 0 Å². The van der Waals surface area contributed by atoms with Crippen LogP contribution in [0.25, 0.3) is 22.0 Å². The molecule has 0 unspecified atom stereocenters. The van der Waals surface area contributed by atoms with Crippen molar-refractivity contribution in [3.63, 3.8) is 0 Å². The van der Waals surface area contributed by atoms with Gasteiger partial charge in [-0.25, -0.2) is 24.7 Å². The Hall–Kier alpha value is -4.57. The topological polar surface area (TPSA) is 102 Å². The predicted molar refractivity (Wildman–Crippen MR) is 183 cm³/mol. The van der Waals surface area contributed by atoms with Gasteiger partial charge in [0, 0.05) is 42.3 Å². The molecule has 0 saturated carbocycles. The minimum atomic E-state index is -0.534. The molecule has 2 aromatic carbocycles. The minimum Gasteiger partial charge on any atom is -0.444 e. The summed E-state index contributed by atoms with van der Waals surface area (Å²) in [4.78, 5) is 32.8. The number of piperidine rings is 1. The SMILES string of the molecule is Cc1ccc2c(CCCc3cscn3)cccc2c1Oc1ncccc1-c1ccnc(N[C@H]2CCCN(C(=O)OC(C)(C)C)C2)n1. The Labute approximate surface area is 274 Å². The highest BCUT2D eigenvalue weighted by Gasteiger charge is 2.28. The molecule has 9 nitrogen and oxygen atoms in total. The van der Waals surface area contributed by atoms with E-state index in [1.54, 1.807) is 28.6 Å². The highest BCUT2D eigenvalue weighted by atomic mass is 32.1. The summed E-state index contributed by atoms with van der Waals surface area (Å²) in [5.74, 6) is 1.76. The van der Waals surface area contributed by atoms with Crippen molar-refractivity contribution in [2.75, 3.05) is 18.4 Å². The van der Waals surface area contributed by atoms with Gasteiger partial charge in [0.05, 0.1) is 22.5 Å². The lowest BCUT2D eigenvalue weighted by atomic mass is 9.97. The van der Waals surface area contributed by atoms with Crippen molar-refractivity contribution in [3.05, 3.63) is 88.6 Å². The number of fused-ring (bicyclic) bond motifs is 1. The molecule has 46 heavy (non-hydrogen) atoms. The number of hydrogen-bond acceptors (Lipinski definition) is 9. The highest BCUT2D eigenvalue weighted by Crippen LogP contribution is 2.38. The average Bonchev–Trinajstić information content (AvgIpc) is 3.56. The molecule has 6 rings (SSSR count). The molecule has 1 amide bonds. The van der Waals surface area contributed by atoms with Crippen LogP contribution in [0.15, 0.2) is 71.8 Å². The summed E-state index contributed by atoms with van der Waals surface area (Å²) in [7, 11) is 0. The van der Waals surface area contributed by atoms with Crippen LogP contribution in [0.2, 0.25) is 0 Å². The van der Waals surface area contributed by atoms with Crippen LogP contribution in [0.4, 0.5) is 10.7 Å². The van der Waals surface area contributed by atoms with Crippen LogP contribution in [-0.4, -0.2) is 55.7 Å². The van der Waals surface area contributed by atoms with Gasteiger partial charge in [0.1, 0.15) is 11.4 Å². The number of rotatable bonds is 9. The number of nitrogens with zero attached hydrogens (tertiary/aromatic N) is 5. The summed E-state index contributed by atoms with van der Waals surface area (Å²) in [6, 6.07) is 16.4. The monoisotopic (exact) mass is 636 g/mol. The molecule has 238 valence electrons. The van der Waals surface area contributed by atoms with E-state index in [0.717, 1.165) is 60.1 Å². The van der Waals surface area contributed by atoms with E-state index in [9.17, 15) is 4.79 Å². The van der Waals surface area contributed by atoms with Crippen molar-refractivity contribution < 1.29 is 14.3 Å². The Morgan fingerprint density at radius 2 is 1.91 bits per heavy atom. The number of amides is 1. The minimum absolute atomic E-state index is 0.00942. The van der Waals surface area contributed by atoms with Gasteiger partial charge >= 0.3 is 6.09 Å². The van der Waals surface area contributed by atoms with Gasteiger partial charge in [0.15, 0.2) is 0 Å². The van der Waals surface area contributed by atoms with Crippen LogP contribution in [-0.2, 0) is 17.6 Å². The summed E-state index contributed by atoms with van der Waals surface area (Å²) in [5.41, 5.74) is 6.29. The van der Waals surface area contributed by atoms with Gasteiger partial charge in [-0.2, -0.15) is 0 Å². The van der Waals surface area contributed by atoms with Crippen LogP contribution in [0.5, 0.6) is 11.6 Å². The zero-order valence-electron chi connectivity index (χ0n) is 26.8. The van der Waals surface area contributed by atoms with E-state index in [-0.39, 0.29) is 12.1 Å². The number of pyridine rings is 1. The first-order chi connectivity index (χ1) is 22.2. The average molecular weight is 637 g/mol. The second-order valence-electron chi connectivity index (χ2n) is 12.7. The third-order valence-corrected chi connectivity index (χ3v) is 8.60. The molecule has 1 aliphatic rings. The molecule has 5 aromatic rings. The van der Waals surface area contributed by atoms with E-state index in [2.05, 4.69) is 62.9 Å². The molecule has 0 aliphatic carbocycles. The van der Waals surface area contributed by atoms with Gasteiger partial charge in [0.25, 0.3) is 0 Å². The van der Waals surface area contributed by atoms with Crippen molar-refractivity contribution in [1.82, 2.24) is 24.8 Å². The fourth-order valence-corrected chi connectivity index (χ4v) is 6.38. The molecule has 3 aromatic heterocycles. The number of carbonyl (C=O) groups excluding carboxylic acids is 1. The molecule has 1 aliphatic heterocycles. The van der Waals surface area contributed by atoms with Crippen molar-refractivity contribution >= 4 is 34.2 Å². The Kier molecular flexibility index (Phi) is 9.44. The van der Waals surface area contributed by atoms with Gasteiger partial charge in [-0.3, -0.25) is 0 Å². The maximum absolute atomic E-state index is 12.7. The van der Waals surface area contributed by atoms with Crippen LogP contribution < -0.4 is 10.1 Å². The smallest absolute Gasteiger partial charge is 0.410 e. The summed E-state index contributed by atoms with van der Waals surface area (Å²) < 4.78 is 12.2. The summed E-state index contributed by atoms with van der Waals surface area (Å²) in [6.45, 7) is 8.90. The zero-order valence-corrected chi connectivity index (χ0v) is 27.6. The molecule has 4 heterocycles. The number of anilines is 1. The highest BCUT2D eigenvalue weighted by molar-refractivity contribution is 7.07. The maximum Gasteiger partial charge on any atom is 0.410 e. The number of thiazole rings is 1. The second-order valence-corrected chi connectivity index (χ2v) is 13.4. The normalized spacial score (nSPS) is 15.1. The number of aryl methyl sites for hydroxylation is 3. The molecule has 1 fully saturated rings. The van der Waals surface area contributed by atoms with Crippen LogP contribution >= 0.6 is 11.3 Å². The maximum atomic E-state index is 12.7. The summed E-state index contributed by atoms with van der Waals surface area (Å²) in [5, 5.41) is 7.79. The van der Waals surface area contributed by atoms with E-state index in [0.29, 0.717) is 30.6 Å². The number of hydrogen-bond donors (Lipinski definition) is 1. The van der Waals surface area contributed by atoms with Crippen molar-refractivity contribution in [2.45, 2.75) is 71.4 Å². The lowest BCUT2D eigenvalue weighted by molar-refractivity contribution is 0.0206. The standard InChI is InChI=1S/C36H40N6O3S/c1-24-15-16-28-25(9-5-11-27-22-46-23-39-27)10-6-13-29(28)32(24)44-33-30(14-7-18-37-33)31-17-19-38-34(41-31)40-26-12-8-20-42(21-26)35(43)45-36(2,3)4/h6-7,10,13-19,22-23,26H,5,8-9,11-12,20-21H2,1-4H3,(H,38,40,41)/t26-/m0/s1. The third kappa shape index (κ3) is 7.62. The predicted octanol–water partition coefficient (Wildman–Crippen LogP) is 8.24. The number of carbonyl (C=O) groups is 1. The molecule has 0 bridgehead atoms. The van der Waals surface area contributed by atoms with E-state index >= 15 is 0 Å². The molecule has 1 N–H and O–H groups in total. The van der Waals surface area contributed by atoms with Crippen molar-refractivity contribution in [1.29, 1.82) is 0 Å². The molecular weight excluding hydrogens is 597 g/mol. The van der Waals surface area contributed by atoms with Crippen LogP contribution in [0.1, 0.15) is 56.9 Å². The molecular formula is C36H40N6O3S. The number of benzene rings is 2. The Morgan fingerprint density at radius 1 is 1.02 bits per heavy atom. The van der Waals surface area contributed by atoms with E-state index < -0.39 is 5.60 Å². The summed E-state index contributed by atoms with van der Waals surface area (Å²) in [6.07, 6.45) is 7.90. The number of ether oxygens (including phenoxy) is 2. The summed E-state index contributed by atoms with van der Waals surface area (Å²) >= 11 is 1.64. The lowest BCUT2D eigenvalue weighted by Crippen LogP contribution is -2.47. The third-order valence-electron chi connectivity index (χ3n) is 7.97. The number of aromatic nitrogens is 4. The lowest BCUT2D eigenvalue weighted by Gasteiger charge is -2.34. The molecule has 1 saturated heterocycles. The fraction of sp³-hybridized carbons (Fsp3) is 0.361.